The largest absolute Gasteiger partial charge is 0.481 e. The molecule has 7 nitrogen and oxygen atoms in total. The van der Waals surface area contributed by atoms with Crippen molar-refractivity contribution >= 4 is 40.1 Å². The topological polar surface area (TPSA) is 85.8 Å². The number of tetrazole rings is 1. The first-order valence-electron chi connectivity index (χ1n) is 10.7. The van der Waals surface area contributed by atoms with Gasteiger partial charge in [0.15, 0.2) is 5.82 Å². The predicted octanol–water partition coefficient (Wildman–Crippen LogP) is 5.85. The lowest BCUT2D eigenvalue weighted by Crippen LogP contribution is -2.05. The summed E-state index contributed by atoms with van der Waals surface area (Å²) in [5.41, 5.74) is 1.25. The number of alkyl halides is 3. The number of aryl methyl sites for hydroxylation is 1. The van der Waals surface area contributed by atoms with Crippen molar-refractivity contribution in [1.29, 1.82) is 0 Å². The molecular weight excluding hydrogens is 506 g/mol. The highest BCUT2D eigenvalue weighted by Gasteiger charge is 2.31. The van der Waals surface area contributed by atoms with Gasteiger partial charge in [-0.25, -0.2) is 0 Å². The standard InChI is InChI=1S/C23H20Cl2F3N5O2/c24-17-6-4-14(19(25)11-17)12-32-13-15(18-10-16(23(26,27)28)5-7-20(18)32)9-21-29-31-33(30-21)8-2-1-3-22(34)35/h4-7,10-11,13H,1-3,8-9,12H2,(H,34,35). The number of aliphatic carboxylic acids is 1. The zero-order valence-electron chi connectivity index (χ0n) is 18.3. The van der Waals surface area contributed by atoms with E-state index in [2.05, 4.69) is 15.4 Å². The second-order valence-electron chi connectivity index (χ2n) is 8.08. The Morgan fingerprint density at radius 3 is 2.57 bits per heavy atom. The van der Waals surface area contributed by atoms with Gasteiger partial charge in [-0.05, 0) is 59.5 Å². The Morgan fingerprint density at radius 2 is 1.86 bits per heavy atom. The fraction of sp³-hybridized carbons (Fsp3) is 0.304. The second kappa shape index (κ2) is 10.2. The zero-order chi connectivity index (χ0) is 25.2. The first-order valence-corrected chi connectivity index (χ1v) is 11.5. The van der Waals surface area contributed by atoms with Gasteiger partial charge in [-0.3, -0.25) is 4.79 Å². The molecule has 35 heavy (non-hydrogen) atoms. The molecule has 4 aromatic rings. The van der Waals surface area contributed by atoms with Crippen LogP contribution in [0.5, 0.6) is 0 Å². The van der Waals surface area contributed by atoms with E-state index >= 15 is 0 Å². The molecule has 0 amide bonds. The highest BCUT2D eigenvalue weighted by Crippen LogP contribution is 2.34. The summed E-state index contributed by atoms with van der Waals surface area (Å²) in [6.07, 6.45) is -1.44. The van der Waals surface area contributed by atoms with Crippen molar-refractivity contribution in [2.24, 2.45) is 0 Å². The maximum Gasteiger partial charge on any atom is 0.416 e. The maximum absolute atomic E-state index is 13.4. The fourth-order valence-electron chi connectivity index (χ4n) is 3.79. The number of carboxylic acids is 1. The van der Waals surface area contributed by atoms with Crippen molar-refractivity contribution < 1.29 is 23.1 Å². The van der Waals surface area contributed by atoms with Crippen molar-refractivity contribution in [3.05, 3.63) is 75.2 Å². The predicted molar refractivity (Wildman–Crippen MR) is 125 cm³/mol. The van der Waals surface area contributed by atoms with Crippen LogP contribution in [0.2, 0.25) is 10.0 Å². The Labute approximate surface area is 208 Å². The lowest BCUT2D eigenvalue weighted by Gasteiger charge is -2.10. The molecule has 12 heteroatoms. The van der Waals surface area contributed by atoms with Crippen LogP contribution in [-0.2, 0) is 30.5 Å². The molecule has 0 radical (unpaired) electrons. The minimum absolute atomic E-state index is 0.0558. The number of fused-ring (bicyclic) bond motifs is 1. The van der Waals surface area contributed by atoms with E-state index in [1.807, 2.05) is 4.57 Å². The van der Waals surface area contributed by atoms with Gasteiger partial charge in [-0.2, -0.15) is 18.0 Å². The average Bonchev–Trinajstić information content (AvgIpc) is 3.37. The van der Waals surface area contributed by atoms with Crippen LogP contribution >= 0.6 is 23.2 Å². The molecule has 0 saturated heterocycles. The molecule has 0 saturated carbocycles. The third kappa shape index (κ3) is 6.12. The van der Waals surface area contributed by atoms with Crippen LogP contribution < -0.4 is 0 Å². The molecule has 0 unspecified atom stereocenters. The molecular formula is C23H20Cl2F3N5O2. The molecule has 2 heterocycles. The van der Waals surface area contributed by atoms with Crippen LogP contribution in [0.4, 0.5) is 13.2 Å². The Bertz CT molecular complexity index is 1370. The third-order valence-electron chi connectivity index (χ3n) is 5.49. The van der Waals surface area contributed by atoms with Gasteiger partial charge in [0.05, 0.1) is 12.1 Å². The van der Waals surface area contributed by atoms with E-state index in [9.17, 15) is 18.0 Å². The number of nitrogens with zero attached hydrogens (tertiary/aromatic N) is 5. The van der Waals surface area contributed by atoms with Gasteiger partial charge in [-0.15, -0.1) is 10.2 Å². The van der Waals surface area contributed by atoms with Crippen LogP contribution in [0, 0.1) is 0 Å². The van der Waals surface area contributed by atoms with Crippen molar-refractivity contribution in [3.63, 3.8) is 0 Å². The molecule has 0 aliphatic heterocycles. The number of carbonyl (C=O) groups is 1. The smallest absolute Gasteiger partial charge is 0.416 e. The van der Waals surface area contributed by atoms with E-state index in [1.165, 1.54) is 10.9 Å². The first-order chi connectivity index (χ1) is 16.6. The summed E-state index contributed by atoms with van der Waals surface area (Å²) in [6, 6.07) is 8.72. The summed E-state index contributed by atoms with van der Waals surface area (Å²) < 4.78 is 42.1. The molecule has 0 bridgehead atoms. The summed E-state index contributed by atoms with van der Waals surface area (Å²) in [7, 11) is 0. The van der Waals surface area contributed by atoms with Crippen molar-refractivity contribution in [1.82, 2.24) is 24.8 Å². The number of hydrogen-bond donors (Lipinski definition) is 1. The summed E-state index contributed by atoms with van der Waals surface area (Å²) in [6.45, 7) is 0.733. The van der Waals surface area contributed by atoms with Gasteiger partial charge >= 0.3 is 12.1 Å². The van der Waals surface area contributed by atoms with Crippen molar-refractivity contribution in [2.75, 3.05) is 0 Å². The molecule has 184 valence electrons. The van der Waals surface area contributed by atoms with Gasteiger partial charge < -0.3 is 9.67 Å². The van der Waals surface area contributed by atoms with E-state index in [4.69, 9.17) is 28.3 Å². The van der Waals surface area contributed by atoms with E-state index in [-0.39, 0.29) is 12.8 Å². The van der Waals surface area contributed by atoms with Gasteiger partial charge in [0.2, 0.25) is 0 Å². The summed E-state index contributed by atoms with van der Waals surface area (Å²) >= 11 is 12.3. The van der Waals surface area contributed by atoms with Crippen LogP contribution in [0.3, 0.4) is 0 Å². The van der Waals surface area contributed by atoms with E-state index < -0.39 is 17.7 Å². The first kappa shape index (κ1) is 25.0. The second-order valence-corrected chi connectivity index (χ2v) is 8.92. The molecule has 1 N–H and O–H groups in total. The quantitative estimate of drug-likeness (QED) is 0.277. The van der Waals surface area contributed by atoms with E-state index in [1.54, 1.807) is 24.4 Å². The van der Waals surface area contributed by atoms with Crippen LogP contribution in [0.1, 0.15) is 41.8 Å². The number of carboxylic acid groups (broad SMARTS) is 1. The minimum atomic E-state index is -4.48. The molecule has 2 aromatic carbocycles. The molecule has 0 atom stereocenters. The fourth-order valence-corrected chi connectivity index (χ4v) is 4.26. The highest BCUT2D eigenvalue weighted by atomic mass is 35.5. The van der Waals surface area contributed by atoms with Crippen LogP contribution in [0.15, 0.2) is 42.6 Å². The zero-order valence-corrected chi connectivity index (χ0v) is 19.8. The van der Waals surface area contributed by atoms with Crippen molar-refractivity contribution in [2.45, 2.75) is 44.9 Å². The monoisotopic (exact) mass is 525 g/mol. The molecule has 4 rings (SSSR count). The lowest BCUT2D eigenvalue weighted by atomic mass is 10.1. The average molecular weight is 526 g/mol. The van der Waals surface area contributed by atoms with Crippen LogP contribution in [-0.4, -0.2) is 35.9 Å². The van der Waals surface area contributed by atoms with Crippen LogP contribution in [0.25, 0.3) is 10.9 Å². The number of hydrogen-bond acceptors (Lipinski definition) is 4. The molecule has 2 aromatic heterocycles. The number of unbranched alkanes of at least 4 members (excludes halogenated alkanes) is 1. The molecule has 0 spiro atoms. The number of benzene rings is 2. The summed E-state index contributed by atoms with van der Waals surface area (Å²) in [4.78, 5) is 12.0. The Balaban J connectivity index is 1.63. The minimum Gasteiger partial charge on any atom is -0.481 e. The van der Waals surface area contributed by atoms with E-state index in [0.717, 1.165) is 17.7 Å². The maximum atomic E-state index is 13.4. The highest BCUT2D eigenvalue weighted by molar-refractivity contribution is 6.35. The van der Waals surface area contributed by atoms with Crippen molar-refractivity contribution in [3.8, 4) is 0 Å². The number of halogens is 5. The van der Waals surface area contributed by atoms with E-state index in [0.29, 0.717) is 58.3 Å². The number of aromatic nitrogens is 5. The molecule has 0 fully saturated rings. The lowest BCUT2D eigenvalue weighted by molar-refractivity contribution is -0.138. The van der Waals surface area contributed by atoms with Gasteiger partial charge in [0.1, 0.15) is 0 Å². The van der Waals surface area contributed by atoms with Gasteiger partial charge in [0, 0.05) is 46.5 Å². The third-order valence-corrected chi connectivity index (χ3v) is 6.08. The molecule has 0 aliphatic carbocycles. The summed E-state index contributed by atoms with van der Waals surface area (Å²) in [5.74, 6) is -0.518. The van der Waals surface area contributed by atoms with Gasteiger partial charge in [0.25, 0.3) is 0 Å². The Hall–Kier alpha value is -3.11. The molecule has 0 aliphatic rings. The Kier molecular flexibility index (Phi) is 7.32. The SMILES string of the molecule is O=C(O)CCCCn1nnc(Cc2cn(Cc3ccc(Cl)cc3Cl)c3ccc(C(F)(F)F)cc23)n1. The Morgan fingerprint density at radius 1 is 1.06 bits per heavy atom. The normalized spacial score (nSPS) is 11.9. The van der Waals surface area contributed by atoms with Gasteiger partial charge in [-0.1, -0.05) is 29.3 Å². The number of rotatable bonds is 9. The summed E-state index contributed by atoms with van der Waals surface area (Å²) in [5, 5.41) is 22.4.